The van der Waals surface area contributed by atoms with Crippen molar-refractivity contribution in [3.63, 3.8) is 0 Å². The van der Waals surface area contributed by atoms with Gasteiger partial charge < -0.3 is 10.6 Å². The quantitative estimate of drug-likeness (QED) is 0.822. The van der Waals surface area contributed by atoms with Crippen molar-refractivity contribution in [1.82, 2.24) is 9.97 Å². The molecule has 2 N–H and O–H groups in total. The third-order valence-corrected chi connectivity index (χ3v) is 2.14. The van der Waals surface area contributed by atoms with Gasteiger partial charge >= 0.3 is 0 Å². The molecule has 0 aromatic carbocycles. The first kappa shape index (κ1) is 12.7. The number of nitrogens with one attached hydrogen (secondary N) is 2. The average Bonchev–Trinajstić information content (AvgIpc) is 2.25. The summed E-state index contributed by atoms with van der Waals surface area (Å²) >= 11 is 0. The largest absolute Gasteiger partial charge is 0.373 e. The molecule has 0 radical (unpaired) electrons. The van der Waals surface area contributed by atoms with E-state index in [4.69, 9.17) is 0 Å². The summed E-state index contributed by atoms with van der Waals surface area (Å²) < 4.78 is 0. The molecule has 0 atom stereocenters. The summed E-state index contributed by atoms with van der Waals surface area (Å²) in [5.41, 5.74) is 0.247. The van der Waals surface area contributed by atoms with E-state index in [0.717, 1.165) is 30.4 Å². The van der Waals surface area contributed by atoms with Gasteiger partial charge in [0.25, 0.3) is 0 Å². The molecule has 0 saturated heterocycles. The fraction of sp³-hybridized carbons (Fsp3) is 0.667. The second-order valence-electron chi connectivity index (χ2n) is 5.07. The van der Waals surface area contributed by atoms with Crippen LogP contribution < -0.4 is 10.6 Å². The van der Waals surface area contributed by atoms with Crippen molar-refractivity contribution in [2.24, 2.45) is 5.41 Å². The van der Waals surface area contributed by atoms with Gasteiger partial charge in [-0.15, -0.1) is 0 Å². The molecule has 0 fully saturated rings. The highest BCUT2D eigenvalue weighted by Crippen LogP contribution is 2.16. The molecule has 90 valence electrons. The van der Waals surface area contributed by atoms with Crippen LogP contribution in [0.1, 0.15) is 33.5 Å². The molecule has 4 nitrogen and oxygen atoms in total. The first-order chi connectivity index (χ1) is 7.44. The lowest BCUT2D eigenvalue weighted by Crippen LogP contribution is -2.20. The van der Waals surface area contributed by atoms with Crippen molar-refractivity contribution in [3.05, 3.63) is 11.9 Å². The van der Waals surface area contributed by atoms with E-state index in [1.54, 1.807) is 0 Å². The lowest BCUT2D eigenvalue weighted by Gasteiger charge is -2.19. The van der Waals surface area contributed by atoms with E-state index in [0.29, 0.717) is 0 Å². The Bertz CT molecular complexity index is 319. The number of hydrogen-bond donors (Lipinski definition) is 2. The van der Waals surface area contributed by atoms with Gasteiger partial charge in [0.1, 0.15) is 17.5 Å². The SMILES string of the molecule is CCc1nc(NC)cc(NCC(C)(C)C)n1. The molecule has 0 aliphatic heterocycles. The molecule has 0 spiro atoms. The van der Waals surface area contributed by atoms with Gasteiger partial charge in [0.05, 0.1) is 0 Å². The van der Waals surface area contributed by atoms with Gasteiger partial charge in [-0.3, -0.25) is 0 Å². The fourth-order valence-corrected chi connectivity index (χ4v) is 1.23. The Morgan fingerprint density at radius 2 is 1.81 bits per heavy atom. The van der Waals surface area contributed by atoms with Crippen molar-refractivity contribution < 1.29 is 0 Å². The summed E-state index contributed by atoms with van der Waals surface area (Å²) in [6.07, 6.45) is 0.847. The second kappa shape index (κ2) is 5.14. The summed E-state index contributed by atoms with van der Waals surface area (Å²) in [7, 11) is 1.87. The maximum Gasteiger partial charge on any atom is 0.132 e. The molecule has 1 aromatic heterocycles. The third kappa shape index (κ3) is 4.04. The van der Waals surface area contributed by atoms with E-state index < -0.39 is 0 Å². The molecule has 16 heavy (non-hydrogen) atoms. The van der Waals surface area contributed by atoms with E-state index in [9.17, 15) is 0 Å². The van der Waals surface area contributed by atoms with Crippen LogP contribution in [-0.4, -0.2) is 23.6 Å². The van der Waals surface area contributed by atoms with Crippen LogP contribution in [0.3, 0.4) is 0 Å². The Hall–Kier alpha value is -1.32. The molecule has 0 aliphatic carbocycles. The van der Waals surface area contributed by atoms with Crippen LogP contribution in [0, 0.1) is 5.41 Å². The summed E-state index contributed by atoms with van der Waals surface area (Å²) in [6, 6.07) is 1.94. The number of aryl methyl sites for hydroxylation is 1. The number of rotatable bonds is 4. The molecule has 0 saturated carbocycles. The van der Waals surface area contributed by atoms with Crippen LogP contribution in [0.25, 0.3) is 0 Å². The highest BCUT2D eigenvalue weighted by atomic mass is 15.1. The molecule has 0 aliphatic rings. The Balaban J connectivity index is 2.79. The van der Waals surface area contributed by atoms with Gasteiger partial charge in [-0.25, -0.2) is 9.97 Å². The molecule has 1 rings (SSSR count). The number of anilines is 2. The molecule has 1 heterocycles. The predicted molar refractivity (Wildman–Crippen MR) is 68.9 cm³/mol. The fourth-order valence-electron chi connectivity index (χ4n) is 1.23. The lowest BCUT2D eigenvalue weighted by molar-refractivity contribution is 0.442. The number of aromatic nitrogens is 2. The zero-order valence-corrected chi connectivity index (χ0v) is 10.9. The zero-order chi connectivity index (χ0) is 12.2. The monoisotopic (exact) mass is 222 g/mol. The summed E-state index contributed by atoms with van der Waals surface area (Å²) in [4.78, 5) is 8.79. The van der Waals surface area contributed by atoms with E-state index in [1.165, 1.54) is 0 Å². The maximum absolute atomic E-state index is 4.44. The minimum absolute atomic E-state index is 0.247. The standard InChI is InChI=1S/C12H22N4/c1-6-9-15-10(13-5)7-11(16-9)14-8-12(2,3)4/h7H,6,8H2,1-5H3,(H2,13,14,15,16). The smallest absolute Gasteiger partial charge is 0.132 e. The molecular formula is C12H22N4. The molecule has 0 bridgehead atoms. The Kier molecular flexibility index (Phi) is 4.10. The molecule has 0 amide bonds. The molecule has 0 unspecified atom stereocenters. The van der Waals surface area contributed by atoms with Gasteiger partial charge in [-0.2, -0.15) is 0 Å². The Labute approximate surface area is 97.9 Å². The second-order valence-corrected chi connectivity index (χ2v) is 5.07. The number of hydrogen-bond acceptors (Lipinski definition) is 4. The van der Waals surface area contributed by atoms with Crippen LogP contribution in [0.15, 0.2) is 6.07 Å². The zero-order valence-electron chi connectivity index (χ0n) is 10.9. The lowest BCUT2D eigenvalue weighted by atomic mass is 9.97. The first-order valence-electron chi connectivity index (χ1n) is 5.74. The van der Waals surface area contributed by atoms with Crippen LogP contribution in [-0.2, 0) is 6.42 Å². The van der Waals surface area contributed by atoms with E-state index in [1.807, 2.05) is 13.1 Å². The van der Waals surface area contributed by atoms with Crippen molar-refractivity contribution in [2.75, 3.05) is 24.2 Å². The van der Waals surface area contributed by atoms with E-state index in [2.05, 4.69) is 48.3 Å². The van der Waals surface area contributed by atoms with Crippen LogP contribution in [0.5, 0.6) is 0 Å². The van der Waals surface area contributed by atoms with Gasteiger partial charge in [-0.05, 0) is 5.41 Å². The van der Waals surface area contributed by atoms with Gasteiger partial charge in [0.2, 0.25) is 0 Å². The van der Waals surface area contributed by atoms with Crippen LogP contribution in [0.2, 0.25) is 0 Å². The molecular weight excluding hydrogens is 200 g/mol. The molecule has 4 heteroatoms. The summed E-state index contributed by atoms with van der Waals surface area (Å²) in [5, 5.41) is 6.39. The summed E-state index contributed by atoms with van der Waals surface area (Å²) in [5.74, 6) is 2.62. The summed E-state index contributed by atoms with van der Waals surface area (Å²) in [6.45, 7) is 9.54. The van der Waals surface area contributed by atoms with Crippen molar-refractivity contribution in [3.8, 4) is 0 Å². The van der Waals surface area contributed by atoms with E-state index >= 15 is 0 Å². The van der Waals surface area contributed by atoms with Crippen molar-refractivity contribution in [1.29, 1.82) is 0 Å². The normalized spacial score (nSPS) is 11.3. The first-order valence-corrected chi connectivity index (χ1v) is 5.74. The average molecular weight is 222 g/mol. The highest BCUT2D eigenvalue weighted by molar-refractivity contribution is 5.47. The highest BCUT2D eigenvalue weighted by Gasteiger charge is 2.10. The third-order valence-electron chi connectivity index (χ3n) is 2.14. The van der Waals surface area contributed by atoms with Crippen molar-refractivity contribution in [2.45, 2.75) is 34.1 Å². The van der Waals surface area contributed by atoms with Gasteiger partial charge in [0, 0.05) is 26.1 Å². The Morgan fingerprint density at radius 3 is 2.31 bits per heavy atom. The topological polar surface area (TPSA) is 49.8 Å². The van der Waals surface area contributed by atoms with Crippen LogP contribution in [0.4, 0.5) is 11.6 Å². The van der Waals surface area contributed by atoms with Crippen molar-refractivity contribution >= 4 is 11.6 Å². The predicted octanol–water partition coefficient (Wildman–Crippen LogP) is 2.54. The molecule has 1 aromatic rings. The van der Waals surface area contributed by atoms with Gasteiger partial charge in [-0.1, -0.05) is 27.7 Å². The van der Waals surface area contributed by atoms with Crippen LogP contribution >= 0.6 is 0 Å². The number of nitrogens with zero attached hydrogens (tertiary/aromatic N) is 2. The maximum atomic E-state index is 4.44. The Morgan fingerprint density at radius 1 is 1.19 bits per heavy atom. The van der Waals surface area contributed by atoms with Gasteiger partial charge in [0.15, 0.2) is 0 Å². The minimum atomic E-state index is 0.247. The minimum Gasteiger partial charge on any atom is -0.373 e. The van der Waals surface area contributed by atoms with E-state index in [-0.39, 0.29) is 5.41 Å².